The first-order chi connectivity index (χ1) is 17.4. The number of ether oxygens (including phenoxy) is 1. The first-order valence-corrected chi connectivity index (χ1v) is 11.1. The molecule has 0 fully saturated rings. The molecule has 0 aromatic heterocycles. The van der Waals surface area contributed by atoms with Crippen molar-refractivity contribution in [2.45, 2.75) is 31.2 Å². The van der Waals surface area contributed by atoms with E-state index in [4.69, 9.17) is 0 Å². The van der Waals surface area contributed by atoms with Gasteiger partial charge in [0.15, 0.2) is 6.10 Å². The van der Waals surface area contributed by atoms with Crippen LogP contribution in [0.15, 0.2) is 72.8 Å². The van der Waals surface area contributed by atoms with E-state index >= 15 is 0 Å². The van der Waals surface area contributed by atoms with Crippen LogP contribution < -0.4 is 14.5 Å². The fourth-order valence-electron chi connectivity index (χ4n) is 4.38. The number of β-amino-alcohol motifs (C(OH)–C–C–N with tert-alkyl or cyclic N) is 1. The lowest BCUT2D eigenvalue weighted by Crippen LogP contribution is -2.49. The summed E-state index contributed by atoms with van der Waals surface area (Å²) in [6, 6.07) is 19.9. The SMILES string of the molecule is N#Cc1cccc([C@@H]2CN(Cc3cccc(OC(F)(F)F)c3)c3ccccc3N2C[C@@H](O)C(F)(F)F)c1. The van der Waals surface area contributed by atoms with Crippen LogP contribution in [0.5, 0.6) is 5.75 Å². The predicted molar refractivity (Wildman–Crippen MR) is 124 cm³/mol. The Balaban J connectivity index is 1.74. The molecule has 3 aromatic carbocycles. The zero-order chi connectivity index (χ0) is 26.8. The number of halogens is 6. The number of fused-ring (bicyclic) bond motifs is 1. The molecule has 3 aromatic rings. The summed E-state index contributed by atoms with van der Waals surface area (Å²) in [4.78, 5) is 3.28. The topological polar surface area (TPSA) is 59.7 Å². The van der Waals surface area contributed by atoms with E-state index in [-0.39, 0.29) is 18.8 Å². The van der Waals surface area contributed by atoms with E-state index in [0.29, 0.717) is 28.1 Å². The largest absolute Gasteiger partial charge is 0.573 e. The average Bonchev–Trinajstić information content (AvgIpc) is 2.84. The molecular weight excluding hydrogens is 500 g/mol. The molecular formula is C26H21F6N3O2. The minimum atomic E-state index is -4.85. The average molecular weight is 521 g/mol. The van der Waals surface area contributed by atoms with Gasteiger partial charge in [0.1, 0.15) is 5.75 Å². The van der Waals surface area contributed by atoms with E-state index in [9.17, 15) is 36.7 Å². The standard InChI is InChI=1S/C26H21F6N3O2/c27-25(28,29)24(36)16-35-22-10-2-1-9-21(22)34(15-23(35)19-7-3-5-17(11-19)13-33)14-18-6-4-8-20(12-18)37-26(30,31)32/h1-12,23-24,36H,14-16H2/t23-,24+/m0/s1. The maximum Gasteiger partial charge on any atom is 0.573 e. The summed E-state index contributed by atoms with van der Waals surface area (Å²) < 4.78 is 82.1. The summed E-state index contributed by atoms with van der Waals surface area (Å²) in [6.07, 6.45) is -12.3. The molecule has 0 spiro atoms. The molecule has 0 radical (unpaired) electrons. The van der Waals surface area contributed by atoms with Gasteiger partial charge in [-0.15, -0.1) is 13.2 Å². The van der Waals surface area contributed by atoms with Crippen LogP contribution in [0.4, 0.5) is 37.7 Å². The maximum absolute atomic E-state index is 13.3. The van der Waals surface area contributed by atoms with Crippen molar-refractivity contribution in [2.75, 3.05) is 22.9 Å². The van der Waals surface area contributed by atoms with Crippen molar-refractivity contribution < 1.29 is 36.2 Å². The molecule has 2 atom stereocenters. The smallest absolute Gasteiger partial charge is 0.406 e. The van der Waals surface area contributed by atoms with Gasteiger partial charge in [-0.05, 0) is 47.5 Å². The Bertz CT molecular complexity index is 1290. The molecule has 1 aliphatic rings. The van der Waals surface area contributed by atoms with Crippen LogP contribution in [-0.4, -0.2) is 36.8 Å². The summed E-state index contributed by atoms with van der Waals surface area (Å²) in [5, 5.41) is 19.2. The number of aliphatic hydroxyl groups is 1. The van der Waals surface area contributed by atoms with Crippen LogP contribution >= 0.6 is 0 Å². The first-order valence-electron chi connectivity index (χ1n) is 11.1. The molecule has 0 amide bonds. The highest BCUT2D eigenvalue weighted by molar-refractivity contribution is 5.75. The van der Waals surface area contributed by atoms with Crippen molar-refractivity contribution in [3.05, 3.63) is 89.5 Å². The molecule has 0 aliphatic carbocycles. The van der Waals surface area contributed by atoms with Crippen molar-refractivity contribution in [3.63, 3.8) is 0 Å². The van der Waals surface area contributed by atoms with Crippen molar-refractivity contribution in [3.8, 4) is 11.8 Å². The van der Waals surface area contributed by atoms with E-state index in [1.54, 1.807) is 54.6 Å². The Morgan fingerprint density at radius 3 is 2.32 bits per heavy atom. The summed E-state index contributed by atoms with van der Waals surface area (Å²) in [5.74, 6) is -0.386. The molecule has 0 bridgehead atoms. The molecule has 5 nitrogen and oxygen atoms in total. The van der Waals surface area contributed by atoms with Crippen molar-refractivity contribution in [1.82, 2.24) is 0 Å². The van der Waals surface area contributed by atoms with E-state index < -0.39 is 31.2 Å². The van der Waals surface area contributed by atoms with E-state index in [0.717, 1.165) is 0 Å². The fourth-order valence-corrected chi connectivity index (χ4v) is 4.38. The van der Waals surface area contributed by atoms with Crippen LogP contribution in [0.3, 0.4) is 0 Å². The molecule has 1 heterocycles. The van der Waals surface area contributed by atoms with E-state index in [1.807, 2.05) is 11.0 Å². The Morgan fingerprint density at radius 1 is 0.946 bits per heavy atom. The highest BCUT2D eigenvalue weighted by atomic mass is 19.4. The van der Waals surface area contributed by atoms with Gasteiger partial charge in [-0.3, -0.25) is 0 Å². The number of hydrogen-bond acceptors (Lipinski definition) is 5. The quantitative estimate of drug-likeness (QED) is 0.407. The number of benzene rings is 3. The molecule has 0 unspecified atom stereocenters. The molecule has 0 saturated heterocycles. The lowest BCUT2D eigenvalue weighted by molar-refractivity contribution is -0.274. The number of anilines is 2. The molecule has 1 aliphatic heterocycles. The van der Waals surface area contributed by atoms with Crippen LogP contribution in [0.1, 0.15) is 22.7 Å². The molecule has 1 N–H and O–H groups in total. The third-order valence-electron chi connectivity index (χ3n) is 5.95. The van der Waals surface area contributed by atoms with Crippen LogP contribution in [-0.2, 0) is 6.54 Å². The van der Waals surface area contributed by atoms with Crippen molar-refractivity contribution >= 4 is 11.4 Å². The normalized spacial score (nSPS) is 16.6. The van der Waals surface area contributed by atoms with Gasteiger partial charge < -0.3 is 19.6 Å². The highest BCUT2D eigenvalue weighted by Crippen LogP contribution is 2.42. The van der Waals surface area contributed by atoms with Crippen LogP contribution in [0.25, 0.3) is 0 Å². The van der Waals surface area contributed by atoms with Crippen molar-refractivity contribution in [2.24, 2.45) is 0 Å². The molecule has 194 valence electrons. The van der Waals surface area contributed by atoms with Gasteiger partial charge in [-0.2, -0.15) is 18.4 Å². The van der Waals surface area contributed by atoms with Gasteiger partial charge >= 0.3 is 12.5 Å². The maximum atomic E-state index is 13.3. The zero-order valence-electron chi connectivity index (χ0n) is 19.2. The zero-order valence-corrected chi connectivity index (χ0v) is 19.2. The third kappa shape index (κ3) is 6.27. The Kier molecular flexibility index (Phi) is 7.23. The summed E-state index contributed by atoms with van der Waals surface area (Å²) in [7, 11) is 0. The van der Waals surface area contributed by atoms with Gasteiger partial charge in [0.25, 0.3) is 0 Å². The second-order valence-corrected chi connectivity index (χ2v) is 8.53. The number of rotatable bonds is 6. The molecule has 37 heavy (non-hydrogen) atoms. The first kappa shape index (κ1) is 26.2. The highest BCUT2D eigenvalue weighted by Gasteiger charge is 2.42. The van der Waals surface area contributed by atoms with Gasteiger partial charge in [0.05, 0.1) is 35.6 Å². The monoisotopic (exact) mass is 521 g/mol. The number of hydrogen-bond donors (Lipinski definition) is 1. The Morgan fingerprint density at radius 2 is 1.65 bits per heavy atom. The van der Waals surface area contributed by atoms with Crippen molar-refractivity contribution in [1.29, 1.82) is 5.26 Å². The van der Waals surface area contributed by atoms with E-state index in [2.05, 4.69) is 4.74 Å². The summed E-state index contributed by atoms with van der Waals surface area (Å²) in [5.41, 5.74) is 2.32. The minimum absolute atomic E-state index is 0.135. The number of para-hydroxylation sites is 2. The molecule has 11 heteroatoms. The molecule has 0 saturated carbocycles. The summed E-state index contributed by atoms with van der Waals surface area (Å²) in [6.45, 7) is -0.471. The second-order valence-electron chi connectivity index (χ2n) is 8.53. The number of alkyl halides is 6. The number of aliphatic hydroxyl groups excluding tert-OH is 1. The predicted octanol–water partition coefficient (Wildman–Crippen LogP) is 5.95. The summed E-state index contributed by atoms with van der Waals surface area (Å²) >= 11 is 0. The van der Waals surface area contributed by atoms with Gasteiger partial charge in [-0.25, -0.2) is 0 Å². The minimum Gasteiger partial charge on any atom is -0.406 e. The van der Waals surface area contributed by atoms with Crippen LogP contribution in [0, 0.1) is 11.3 Å². The van der Waals surface area contributed by atoms with Crippen LogP contribution in [0.2, 0.25) is 0 Å². The van der Waals surface area contributed by atoms with Gasteiger partial charge in [0, 0.05) is 13.1 Å². The Hall–Kier alpha value is -3.91. The van der Waals surface area contributed by atoms with Gasteiger partial charge in [0.2, 0.25) is 0 Å². The number of nitriles is 1. The molecule has 4 rings (SSSR count). The second kappa shape index (κ2) is 10.2. The Labute approximate surface area is 208 Å². The van der Waals surface area contributed by atoms with E-state index in [1.165, 1.54) is 23.1 Å². The lowest BCUT2D eigenvalue weighted by Gasteiger charge is -2.45. The number of nitrogens with zero attached hydrogens (tertiary/aromatic N) is 3. The third-order valence-corrected chi connectivity index (χ3v) is 5.95. The lowest BCUT2D eigenvalue weighted by atomic mass is 9.97. The van der Waals surface area contributed by atoms with Gasteiger partial charge in [-0.1, -0.05) is 36.4 Å². The fraction of sp³-hybridized carbons (Fsp3) is 0.269.